The number of nitrogens with zero attached hydrogens (tertiary/aromatic N) is 3. The molecule has 0 saturated carbocycles. The second-order valence-corrected chi connectivity index (χ2v) is 11.3. The number of hydrogen-bond acceptors (Lipinski definition) is 6. The molecule has 0 aliphatic carbocycles. The Bertz CT molecular complexity index is 1730. The van der Waals surface area contributed by atoms with Crippen molar-refractivity contribution in [2.45, 2.75) is 51.2 Å². The molecule has 3 aromatic heterocycles. The van der Waals surface area contributed by atoms with Crippen molar-refractivity contribution in [3.8, 4) is 0 Å². The number of carbonyl (C=O) groups excluding carboxylic acids is 1. The van der Waals surface area contributed by atoms with Crippen molar-refractivity contribution in [1.82, 2.24) is 25.3 Å². The number of anilines is 1. The molecule has 4 heterocycles. The maximum atomic E-state index is 14.7. The molecule has 0 radical (unpaired) electrons. The second-order valence-electron chi connectivity index (χ2n) is 11.3. The number of imidazole rings is 1. The molecule has 0 bridgehead atoms. The van der Waals surface area contributed by atoms with E-state index < -0.39 is 17.6 Å². The van der Waals surface area contributed by atoms with Crippen molar-refractivity contribution in [1.29, 1.82) is 0 Å². The molecule has 3 atom stereocenters. The maximum Gasteiger partial charge on any atom is 0.225 e. The zero-order chi connectivity index (χ0) is 30.6. The van der Waals surface area contributed by atoms with Crippen molar-refractivity contribution < 1.29 is 18.3 Å². The maximum absolute atomic E-state index is 14.7. The van der Waals surface area contributed by atoms with Gasteiger partial charge in [0.15, 0.2) is 0 Å². The summed E-state index contributed by atoms with van der Waals surface area (Å²) in [4.78, 5) is 29.5. The van der Waals surface area contributed by atoms with E-state index in [1.165, 1.54) is 29.5 Å². The topological polar surface area (TPSA) is 105 Å². The lowest BCUT2D eigenvalue weighted by atomic mass is 9.88. The van der Waals surface area contributed by atoms with Crippen LogP contribution in [0.25, 0.3) is 11.0 Å². The lowest BCUT2D eigenvalue weighted by Gasteiger charge is -2.29. The van der Waals surface area contributed by atoms with Gasteiger partial charge < -0.3 is 20.4 Å². The first-order valence-corrected chi connectivity index (χ1v) is 14.7. The number of amides is 1. The molecule has 0 unspecified atom stereocenters. The van der Waals surface area contributed by atoms with Crippen LogP contribution in [0.3, 0.4) is 0 Å². The van der Waals surface area contributed by atoms with Crippen LogP contribution in [0.5, 0.6) is 0 Å². The Balaban J connectivity index is 1.07. The molecule has 1 fully saturated rings. The minimum Gasteiger partial charge on any atom is -0.375 e. The molecule has 1 aliphatic heterocycles. The van der Waals surface area contributed by atoms with Gasteiger partial charge >= 0.3 is 0 Å². The second kappa shape index (κ2) is 13.0. The first-order chi connectivity index (χ1) is 21.3. The van der Waals surface area contributed by atoms with Crippen LogP contribution in [0.1, 0.15) is 58.4 Å². The SMILES string of the molecule is Cc1cc2nc([C@@H]3CO[C@H](CCc4ccncc4NC(=O)C[C@@H](c4ccc(F)cc4)c4ccncc4F)CN3)[nH]c2cc1C. The van der Waals surface area contributed by atoms with Gasteiger partial charge in [0, 0.05) is 31.3 Å². The summed E-state index contributed by atoms with van der Waals surface area (Å²) in [5.74, 6) is -0.981. The highest BCUT2D eigenvalue weighted by molar-refractivity contribution is 5.92. The number of carbonyl (C=O) groups is 1. The first-order valence-electron chi connectivity index (χ1n) is 14.7. The highest BCUT2D eigenvalue weighted by Gasteiger charge is 2.26. The minimum absolute atomic E-state index is 0.00523. The van der Waals surface area contributed by atoms with Gasteiger partial charge in [-0.25, -0.2) is 13.8 Å². The van der Waals surface area contributed by atoms with Gasteiger partial charge in [-0.2, -0.15) is 0 Å². The summed E-state index contributed by atoms with van der Waals surface area (Å²) in [5.41, 5.74) is 6.89. The fourth-order valence-electron chi connectivity index (χ4n) is 5.67. The van der Waals surface area contributed by atoms with Crippen molar-refractivity contribution in [3.05, 3.63) is 119 Å². The van der Waals surface area contributed by atoms with E-state index in [-0.39, 0.29) is 24.5 Å². The molecule has 44 heavy (non-hydrogen) atoms. The number of pyridine rings is 2. The van der Waals surface area contributed by atoms with Crippen molar-refractivity contribution in [2.24, 2.45) is 0 Å². The van der Waals surface area contributed by atoms with E-state index in [1.54, 1.807) is 30.6 Å². The summed E-state index contributed by atoms with van der Waals surface area (Å²) < 4.78 is 34.5. The van der Waals surface area contributed by atoms with Gasteiger partial charge in [-0.1, -0.05) is 12.1 Å². The fraction of sp³-hybridized carbons (Fsp3) is 0.294. The summed E-state index contributed by atoms with van der Waals surface area (Å²) >= 11 is 0. The molecular weight excluding hydrogens is 562 g/mol. The Morgan fingerprint density at radius 1 is 1.05 bits per heavy atom. The Morgan fingerprint density at radius 3 is 2.59 bits per heavy atom. The number of H-pyrrole nitrogens is 1. The predicted octanol–water partition coefficient (Wildman–Crippen LogP) is 6.07. The van der Waals surface area contributed by atoms with Gasteiger partial charge in [-0.05, 0) is 90.9 Å². The smallest absolute Gasteiger partial charge is 0.225 e. The lowest BCUT2D eigenvalue weighted by molar-refractivity contribution is -0.116. The number of aromatic nitrogens is 4. The molecule has 5 aromatic rings. The largest absolute Gasteiger partial charge is 0.375 e. The molecule has 10 heteroatoms. The van der Waals surface area contributed by atoms with E-state index in [1.807, 2.05) is 6.07 Å². The number of benzene rings is 2. The fourth-order valence-corrected chi connectivity index (χ4v) is 5.67. The summed E-state index contributed by atoms with van der Waals surface area (Å²) in [7, 11) is 0. The quantitative estimate of drug-likeness (QED) is 0.191. The van der Waals surface area contributed by atoms with E-state index in [4.69, 9.17) is 9.72 Å². The van der Waals surface area contributed by atoms with Crippen LogP contribution >= 0.6 is 0 Å². The minimum atomic E-state index is -0.617. The number of morpholine rings is 1. The molecule has 1 saturated heterocycles. The Morgan fingerprint density at radius 2 is 1.82 bits per heavy atom. The van der Waals surface area contributed by atoms with E-state index >= 15 is 0 Å². The number of aromatic amines is 1. The summed E-state index contributed by atoms with van der Waals surface area (Å²) in [6, 6.07) is 13.4. The number of ether oxygens (including phenoxy) is 1. The highest BCUT2D eigenvalue weighted by Crippen LogP contribution is 2.31. The van der Waals surface area contributed by atoms with Crippen LogP contribution in [0, 0.1) is 25.5 Å². The van der Waals surface area contributed by atoms with Crippen molar-refractivity contribution in [2.75, 3.05) is 18.5 Å². The number of fused-ring (bicyclic) bond motifs is 1. The van der Waals surface area contributed by atoms with Crippen molar-refractivity contribution >= 4 is 22.6 Å². The molecule has 1 amide bonds. The highest BCUT2D eigenvalue weighted by atomic mass is 19.1. The van der Waals surface area contributed by atoms with Crippen LogP contribution in [0.15, 0.2) is 73.3 Å². The van der Waals surface area contributed by atoms with Gasteiger partial charge in [0.2, 0.25) is 5.91 Å². The van der Waals surface area contributed by atoms with Gasteiger partial charge in [0.25, 0.3) is 0 Å². The average Bonchev–Trinajstić information content (AvgIpc) is 3.43. The molecular formula is C34H34F2N6O2. The van der Waals surface area contributed by atoms with E-state index in [9.17, 15) is 13.6 Å². The molecule has 6 rings (SSSR count). The van der Waals surface area contributed by atoms with Gasteiger partial charge in [-0.15, -0.1) is 0 Å². The number of aryl methyl sites for hydroxylation is 3. The zero-order valence-corrected chi connectivity index (χ0v) is 24.6. The summed E-state index contributed by atoms with van der Waals surface area (Å²) in [6.45, 7) is 5.35. The van der Waals surface area contributed by atoms with Crippen molar-refractivity contribution in [3.63, 3.8) is 0 Å². The molecule has 8 nitrogen and oxygen atoms in total. The van der Waals surface area contributed by atoms with E-state index in [2.05, 4.69) is 51.6 Å². The monoisotopic (exact) mass is 596 g/mol. The predicted molar refractivity (Wildman–Crippen MR) is 164 cm³/mol. The third kappa shape index (κ3) is 6.66. The molecule has 2 aromatic carbocycles. The zero-order valence-electron chi connectivity index (χ0n) is 24.6. The Kier molecular flexibility index (Phi) is 8.72. The van der Waals surface area contributed by atoms with E-state index in [0.29, 0.717) is 36.4 Å². The first kappa shape index (κ1) is 29.5. The summed E-state index contributed by atoms with van der Waals surface area (Å²) in [6.07, 6.45) is 7.27. The number of hydrogen-bond donors (Lipinski definition) is 3. The van der Waals surface area contributed by atoms with Crippen LogP contribution < -0.4 is 10.6 Å². The third-order valence-corrected chi connectivity index (χ3v) is 8.30. The van der Waals surface area contributed by atoms with Gasteiger partial charge in [0.1, 0.15) is 17.5 Å². The Hall–Kier alpha value is -4.54. The Labute approximate surface area is 254 Å². The van der Waals surface area contributed by atoms with Crippen LogP contribution in [-0.4, -0.2) is 45.1 Å². The molecule has 3 N–H and O–H groups in total. The van der Waals surface area contributed by atoms with E-state index in [0.717, 1.165) is 35.0 Å². The number of halogens is 2. The van der Waals surface area contributed by atoms with Crippen LogP contribution in [0.2, 0.25) is 0 Å². The molecule has 1 aliphatic rings. The molecule has 226 valence electrons. The van der Waals surface area contributed by atoms with Gasteiger partial charge in [0.05, 0.1) is 47.9 Å². The van der Waals surface area contributed by atoms with Crippen LogP contribution in [0.4, 0.5) is 14.5 Å². The summed E-state index contributed by atoms with van der Waals surface area (Å²) in [5, 5.41) is 6.53. The lowest BCUT2D eigenvalue weighted by Crippen LogP contribution is -2.41. The third-order valence-electron chi connectivity index (χ3n) is 8.30. The molecule has 0 spiro atoms. The number of rotatable bonds is 9. The van der Waals surface area contributed by atoms with Gasteiger partial charge in [-0.3, -0.25) is 14.8 Å². The average molecular weight is 597 g/mol. The number of nitrogens with one attached hydrogen (secondary N) is 3. The van der Waals surface area contributed by atoms with Crippen LogP contribution in [-0.2, 0) is 16.0 Å². The standard InChI is InChI=1S/C34H34F2N6O2/c1-20-13-29-30(14-21(20)2)42-34(41-29)32-19-44-25(16-39-32)8-5-23-9-11-38-18-31(23)40-33(43)15-27(22-3-6-24(35)7-4-22)26-10-12-37-17-28(26)36/h3-4,6-7,9-14,17-18,25,27,32,39H,5,8,15-16,19H2,1-2H3,(H,40,43)(H,41,42)/t25-,27+,32+/m1/s1. The normalized spacial score (nSPS) is 17.5.